The number of hydrogen-bond acceptors (Lipinski definition) is 6. The molecule has 38 heavy (non-hydrogen) atoms. The molecular weight excluding hydrogens is 498 g/mol. The summed E-state index contributed by atoms with van der Waals surface area (Å²) in [7, 11) is -3.38. The maximum atomic E-state index is 13.7. The maximum Gasteiger partial charge on any atom is 0.251 e. The van der Waals surface area contributed by atoms with E-state index in [4.69, 9.17) is 0 Å². The van der Waals surface area contributed by atoms with Crippen LogP contribution in [0.3, 0.4) is 0 Å². The van der Waals surface area contributed by atoms with Crippen molar-refractivity contribution < 1.29 is 18.3 Å². The molecule has 2 unspecified atom stereocenters. The lowest BCUT2D eigenvalue weighted by molar-refractivity contribution is -0.118. The van der Waals surface area contributed by atoms with E-state index in [0.717, 1.165) is 65.8 Å². The molecule has 1 saturated carbocycles. The van der Waals surface area contributed by atoms with Crippen LogP contribution in [0.4, 0.5) is 5.82 Å². The number of aryl methyl sites for hydroxylation is 1. The monoisotopic (exact) mass is 535 g/mol. The van der Waals surface area contributed by atoms with Gasteiger partial charge in [0.25, 0.3) is 5.91 Å². The number of nitrogens with one attached hydrogen (secondary N) is 2. The number of aliphatic hydroxyl groups is 1. The van der Waals surface area contributed by atoms with Crippen molar-refractivity contribution in [2.45, 2.75) is 75.8 Å². The van der Waals surface area contributed by atoms with E-state index in [0.29, 0.717) is 16.4 Å². The van der Waals surface area contributed by atoms with Crippen LogP contribution in [-0.2, 0) is 14.6 Å². The van der Waals surface area contributed by atoms with E-state index < -0.39 is 9.84 Å². The molecule has 0 spiro atoms. The Morgan fingerprint density at radius 1 is 1.16 bits per heavy atom. The number of fused-ring (bicyclic) bond motifs is 3. The van der Waals surface area contributed by atoms with Crippen LogP contribution in [0.15, 0.2) is 58.6 Å². The van der Waals surface area contributed by atoms with Crippen LogP contribution >= 0.6 is 0 Å². The van der Waals surface area contributed by atoms with Gasteiger partial charge >= 0.3 is 0 Å². The van der Waals surface area contributed by atoms with E-state index in [1.54, 1.807) is 25.1 Å². The largest absolute Gasteiger partial charge is 0.396 e. The number of aromatic nitrogens is 1. The SMILES string of the molecule is CCS(=O)(=O)c1cccc(C2=CC(C(=O)NC3CCC(CCO)CC3)=C(C)C3Nc4ncc(C)cc4C23)c1. The van der Waals surface area contributed by atoms with Gasteiger partial charge in [-0.25, -0.2) is 13.4 Å². The summed E-state index contributed by atoms with van der Waals surface area (Å²) in [4.78, 5) is 18.6. The number of pyridine rings is 1. The van der Waals surface area contributed by atoms with Gasteiger partial charge < -0.3 is 15.7 Å². The van der Waals surface area contributed by atoms with Crippen molar-refractivity contribution in [2.75, 3.05) is 17.7 Å². The standard InChI is InChI=1S/C30H37N3O4S/c1-4-38(36,37)23-7-5-6-21(15-23)25-16-24(30(35)32-22-10-8-20(9-11-22)12-13-34)19(3)28-27(25)26-14-18(2)17-31-29(26)33-28/h5-7,14-17,20,22,27-28,34H,4,8-13H2,1-3H3,(H,31,33)(H,32,35). The van der Waals surface area contributed by atoms with Gasteiger partial charge in [-0.1, -0.05) is 25.1 Å². The van der Waals surface area contributed by atoms with Crippen molar-refractivity contribution in [1.29, 1.82) is 0 Å². The van der Waals surface area contributed by atoms with Gasteiger partial charge in [-0.15, -0.1) is 0 Å². The molecule has 2 aliphatic carbocycles. The summed E-state index contributed by atoms with van der Waals surface area (Å²) in [5, 5.41) is 16.1. The number of nitrogens with zero attached hydrogens (tertiary/aromatic N) is 1. The van der Waals surface area contributed by atoms with Gasteiger partial charge in [-0.05, 0) is 92.4 Å². The lowest BCUT2D eigenvalue weighted by Gasteiger charge is -2.32. The molecule has 3 aliphatic rings. The highest BCUT2D eigenvalue weighted by atomic mass is 32.2. The molecule has 5 rings (SSSR count). The Morgan fingerprint density at radius 2 is 1.92 bits per heavy atom. The highest BCUT2D eigenvalue weighted by Crippen LogP contribution is 2.49. The van der Waals surface area contributed by atoms with E-state index in [1.807, 2.05) is 32.2 Å². The Morgan fingerprint density at radius 3 is 2.63 bits per heavy atom. The van der Waals surface area contributed by atoms with E-state index in [1.165, 1.54) is 0 Å². The van der Waals surface area contributed by atoms with Crippen molar-refractivity contribution in [3.05, 3.63) is 70.4 Å². The fraction of sp³-hybridized carbons (Fsp3) is 0.467. The summed E-state index contributed by atoms with van der Waals surface area (Å²) < 4.78 is 25.4. The minimum Gasteiger partial charge on any atom is -0.396 e. The first kappa shape index (κ1) is 26.6. The molecule has 2 aromatic rings. The second kappa shape index (κ2) is 10.7. The van der Waals surface area contributed by atoms with E-state index >= 15 is 0 Å². The van der Waals surface area contributed by atoms with Gasteiger partial charge in [0, 0.05) is 35.9 Å². The number of rotatable bonds is 7. The smallest absolute Gasteiger partial charge is 0.251 e. The Balaban J connectivity index is 1.52. The van der Waals surface area contributed by atoms with Gasteiger partial charge in [0.2, 0.25) is 0 Å². The molecule has 7 nitrogen and oxygen atoms in total. The number of aliphatic hydroxyl groups excluding tert-OH is 1. The van der Waals surface area contributed by atoms with Gasteiger partial charge in [0.1, 0.15) is 5.82 Å². The minimum atomic E-state index is -3.38. The maximum absolute atomic E-state index is 13.7. The van der Waals surface area contributed by atoms with Crippen molar-refractivity contribution in [2.24, 2.45) is 5.92 Å². The van der Waals surface area contributed by atoms with Crippen LogP contribution in [0.1, 0.15) is 68.6 Å². The van der Waals surface area contributed by atoms with Gasteiger partial charge in [-0.2, -0.15) is 0 Å². The number of amides is 1. The molecule has 1 fully saturated rings. The zero-order valence-electron chi connectivity index (χ0n) is 22.3. The Labute approximate surface area is 225 Å². The zero-order valence-corrected chi connectivity index (χ0v) is 23.1. The quantitative estimate of drug-likeness (QED) is 0.481. The third-order valence-electron chi connectivity index (χ3n) is 8.41. The third kappa shape index (κ3) is 5.04. The number of hydrogen-bond donors (Lipinski definition) is 3. The molecule has 202 valence electrons. The molecule has 1 aromatic heterocycles. The molecule has 0 saturated heterocycles. The average Bonchev–Trinajstić information content (AvgIpc) is 3.29. The Bertz CT molecular complexity index is 1400. The summed E-state index contributed by atoms with van der Waals surface area (Å²) in [6.45, 7) is 5.88. The van der Waals surface area contributed by atoms with Crippen molar-refractivity contribution in [1.82, 2.24) is 10.3 Å². The van der Waals surface area contributed by atoms with Crippen LogP contribution in [0, 0.1) is 12.8 Å². The third-order valence-corrected chi connectivity index (χ3v) is 10.1. The lowest BCUT2D eigenvalue weighted by atomic mass is 9.75. The number of benzene rings is 1. The Hall–Kier alpha value is -2.97. The number of carbonyl (C=O) groups is 1. The molecule has 1 aliphatic heterocycles. The van der Waals surface area contributed by atoms with E-state index in [9.17, 15) is 18.3 Å². The summed E-state index contributed by atoms with van der Waals surface area (Å²) in [6.07, 6.45) is 8.46. The van der Waals surface area contributed by atoms with Crippen LogP contribution in [0.2, 0.25) is 0 Å². The molecule has 1 aromatic carbocycles. The summed E-state index contributed by atoms with van der Waals surface area (Å²) in [5.41, 5.74) is 5.41. The number of carbonyl (C=O) groups excluding carboxylic acids is 1. The topological polar surface area (TPSA) is 108 Å². The molecule has 0 radical (unpaired) electrons. The van der Waals surface area contributed by atoms with Crippen LogP contribution < -0.4 is 10.6 Å². The van der Waals surface area contributed by atoms with Gasteiger partial charge in [0.05, 0.1) is 16.7 Å². The summed E-state index contributed by atoms with van der Waals surface area (Å²) >= 11 is 0. The van der Waals surface area contributed by atoms with Gasteiger partial charge in [0.15, 0.2) is 9.84 Å². The van der Waals surface area contributed by atoms with Gasteiger partial charge in [-0.3, -0.25) is 4.79 Å². The van der Waals surface area contributed by atoms with E-state index in [2.05, 4.69) is 21.7 Å². The predicted octanol–water partition coefficient (Wildman–Crippen LogP) is 4.53. The van der Waals surface area contributed by atoms with Crippen LogP contribution in [-0.4, -0.2) is 48.9 Å². The van der Waals surface area contributed by atoms with Crippen LogP contribution in [0.5, 0.6) is 0 Å². The predicted molar refractivity (Wildman–Crippen MR) is 150 cm³/mol. The first-order valence-electron chi connectivity index (χ1n) is 13.6. The minimum absolute atomic E-state index is 0.0300. The Kier molecular flexibility index (Phi) is 7.47. The number of sulfone groups is 1. The summed E-state index contributed by atoms with van der Waals surface area (Å²) in [5.74, 6) is 1.19. The fourth-order valence-electron chi connectivity index (χ4n) is 6.18. The first-order chi connectivity index (χ1) is 18.2. The van der Waals surface area contributed by atoms with Crippen molar-refractivity contribution in [3.63, 3.8) is 0 Å². The zero-order chi connectivity index (χ0) is 27.0. The molecular formula is C30H37N3O4S. The van der Waals surface area contributed by atoms with Crippen molar-refractivity contribution in [3.8, 4) is 0 Å². The molecule has 2 atom stereocenters. The normalized spacial score (nSPS) is 24.8. The second-order valence-corrected chi connectivity index (χ2v) is 13.2. The molecule has 2 heterocycles. The lowest BCUT2D eigenvalue weighted by Crippen LogP contribution is -2.40. The summed E-state index contributed by atoms with van der Waals surface area (Å²) in [6, 6.07) is 9.18. The van der Waals surface area contributed by atoms with Crippen molar-refractivity contribution >= 4 is 27.1 Å². The van der Waals surface area contributed by atoms with Crippen LogP contribution in [0.25, 0.3) is 5.57 Å². The average molecular weight is 536 g/mol. The molecule has 8 heteroatoms. The second-order valence-electron chi connectivity index (χ2n) is 10.9. The fourth-order valence-corrected chi connectivity index (χ4v) is 7.10. The first-order valence-corrected chi connectivity index (χ1v) is 15.3. The van der Waals surface area contributed by atoms with E-state index in [-0.39, 0.29) is 36.3 Å². The highest BCUT2D eigenvalue weighted by Gasteiger charge is 2.41. The molecule has 0 bridgehead atoms. The molecule has 1 amide bonds. The number of anilines is 1. The molecule has 3 N–H and O–H groups in total. The highest BCUT2D eigenvalue weighted by molar-refractivity contribution is 7.91.